The summed E-state index contributed by atoms with van der Waals surface area (Å²) >= 11 is 0. The molecule has 102 valence electrons. The average molecular weight is 259 g/mol. The first-order valence-corrected chi connectivity index (χ1v) is 6.74. The van der Waals surface area contributed by atoms with Crippen LogP contribution in [0.25, 0.3) is 0 Å². The standard InChI is InChI=1S/C15H21N3O/c1-11-8-12(2)16-14(9-11)17-15(19)10-13(3)18-6-4-5-7-18/h8-10H,4-7H2,1-3H3,(H,16,17,19)/b13-10+. The molecule has 1 aliphatic rings. The smallest absolute Gasteiger partial charge is 0.251 e. The monoisotopic (exact) mass is 259 g/mol. The van der Waals surface area contributed by atoms with Crippen LogP contribution in [0.5, 0.6) is 0 Å². The molecule has 1 saturated heterocycles. The molecule has 1 aromatic heterocycles. The highest BCUT2D eigenvalue weighted by atomic mass is 16.1. The number of amides is 1. The normalized spacial score (nSPS) is 15.7. The van der Waals surface area contributed by atoms with E-state index in [1.165, 1.54) is 12.8 Å². The lowest BCUT2D eigenvalue weighted by Crippen LogP contribution is -2.19. The lowest BCUT2D eigenvalue weighted by Gasteiger charge is -2.17. The van der Waals surface area contributed by atoms with Gasteiger partial charge in [0.1, 0.15) is 5.82 Å². The summed E-state index contributed by atoms with van der Waals surface area (Å²) in [5.41, 5.74) is 3.04. The Hall–Kier alpha value is -1.84. The van der Waals surface area contributed by atoms with E-state index in [0.717, 1.165) is 30.0 Å². The number of aryl methyl sites for hydroxylation is 2. The van der Waals surface area contributed by atoms with Crippen molar-refractivity contribution in [3.05, 3.63) is 35.2 Å². The quantitative estimate of drug-likeness (QED) is 0.849. The molecule has 0 aromatic carbocycles. The first kappa shape index (κ1) is 13.6. The summed E-state index contributed by atoms with van der Waals surface area (Å²) in [4.78, 5) is 18.5. The van der Waals surface area contributed by atoms with Crippen molar-refractivity contribution in [2.45, 2.75) is 33.6 Å². The van der Waals surface area contributed by atoms with Gasteiger partial charge in [-0.15, -0.1) is 0 Å². The van der Waals surface area contributed by atoms with Gasteiger partial charge >= 0.3 is 0 Å². The van der Waals surface area contributed by atoms with E-state index >= 15 is 0 Å². The van der Waals surface area contributed by atoms with Crippen LogP contribution >= 0.6 is 0 Å². The number of likely N-dealkylation sites (tertiary alicyclic amines) is 1. The summed E-state index contributed by atoms with van der Waals surface area (Å²) in [6.45, 7) is 8.01. The van der Waals surface area contributed by atoms with E-state index in [0.29, 0.717) is 5.82 Å². The molecule has 0 radical (unpaired) electrons. The Balaban J connectivity index is 2.02. The topological polar surface area (TPSA) is 45.2 Å². The third kappa shape index (κ3) is 3.81. The SMILES string of the molecule is C/C(=C\C(=O)Nc1cc(C)cc(C)n1)N1CCCC1. The van der Waals surface area contributed by atoms with Crippen LogP contribution in [-0.4, -0.2) is 28.9 Å². The number of pyridine rings is 1. The van der Waals surface area contributed by atoms with Gasteiger partial charge in [-0.2, -0.15) is 0 Å². The second-order valence-electron chi connectivity index (χ2n) is 5.14. The molecule has 1 aromatic rings. The molecular weight excluding hydrogens is 238 g/mol. The number of aromatic nitrogens is 1. The first-order valence-electron chi connectivity index (χ1n) is 6.74. The number of carbonyl (C=O) groups excluding carboxylic acids is 1. The summed E-state index contributed by atoms with van der Waals surface area (Å²) in [6, 6.07) is 3.87. The van der Waals surface area contributed by atoms with Gasteiger partial charge in [0.2, 0.25) is 0 Å². The Bertz CT molecular complexity index is 482. The van der Waals surface area contributed by atoms with E-state index in [4.69, 9.17) is 0 Å². The number of hydrogen-bond donors (Lipinski definition) is 1. The number of allylic oxidation sites excluding steroid dienone is 1. The van der Waals surface area contributed by atoms with Gasteiger partial charge in [0.25, 0.3) is 5.91 Å². The minimum absolute atomic E-state index is 0.109. The zero-order chi connectivity index (χ0) is 13.8. The largest absolute Gasteiger partial charge is 0.375 e. The molecule has 1 fully saturated rings. The predicted molar refractivity (Wildman–Crippen MR) is 76.9 cm³/mol. The van der Waals surface area contributed by atoms with Crippen molar-refractivity contribution >= 4 is 11.7 Å². The van der Waals surface area contributed by atoms with Gasteiger partial charge < -0.3 is 10.2 Å². The summed E-state index contributed by atoms with van der Waals surface area (Å²) in [6.07, 6.45) is 4.08. The number of hydrogen-bond acceptors (Lipinski definition) is 3. The Labute approximate surface area is 114 Å². The third-order valence-electron chi connectivity index (χ3n) is 3.29. The molecule has 0 aliphatic carbocycles. The number of carbonyl (C=O) groups is 1. The maximum Gasteiger partial charge on any atom is 0.251 e. The van der Waals surface area contributed by atoms with Crippen molar-refractivity contribution in [1.29, 1.82) is 0 Å². The van der Waals surface area contributed by atoms with Gasteiger partial charge in [-0.05, 0) is 51.3 Å². The van der Waals surface area contributed by atoms with E-state index in [2.05, 4.69) is 15.2 Å². The van der Waals surface area contributed by atoms with E-state index in [-0.39, 0.29) is 5.91 Å². The summed E-state index contributed by atoms with van der Waals surface area (Å²) < 4.78 is 0. The fourth-order valence-electron chi connectivity index (χ4n) is 2.42. The van der Waals surface area contributed by atoms with Crippen molar-refractivity contribution in [1.82, 2.24) is 9.88 Å². The minimum atomic E-state index is -0.109. The Kier molecular flexibility index (Phi) is 4.20. The highest BCUT2D eigenvalue weighted by Crippen LogP contribution is 2.14. The van der Waals surface area contributed by atoms with E-state index in [1.807, 2.05) is 32.9 Å². The Morgan fingerprint density at radius 3 is 2.63 bits per heavy atom. The van der Waals surface area contributed by atoms with E-state index < -0.39 is 0 Å². The number of nitrogens with one attached hydrogen (secondary N) is 1. The lowest BCUT2D eigenvalue weighted by molar-refractivity contribution is -0.112. The van der Waals surface area contributed by atoms with Gasteiger partial charge in [-0.1, -0.05) is 0 Å². The molecular formula is C15H21N3O. The van der Waals surface area contributed by atoms with Crippen molar-refractivity contribution in [2.24, 2.45) is 0 Å². The van der Waals surface area contributed by atoms with Gasteiger partial charge in [0.15, 0.2) is 0 Å². The van der Waals surface area contributed by atoms with Gasteiger partial charge in [0, 0.05) is 30.6 Å². The molecule has 1 amide bonds. The first-order chi connectivity index (χ1) is 9.04. The third-order valence-corrected chi connectivity index (χ3v) is 3.29. The maximum absolute atomic E-state index is 11.9. The van der Waals surface area contributed by atoms with Crippen molar-refractivity contribution in [3.8, 4) is 0 Å². The van der Waals surface area contributed by atoms with Crippen LogP contribution in [0.3, 0.4) is 0 Å². The lowest BCUT2D eigenvalue weighted by atomic mass is 10.2. The number of anilines is 1. The molecule has 4 nitrogen and oxygen atoms in total. The van der Waals surface area contributed by atoms with Crippen LogP contribution in [0, 0.1) is 13.8 Å². The van der Waals surface area contributed by atoms with Crippen molar-refractivity contribution in [3.63, 3.8) is 0 Å². The predicted octanol–water partition coefficient (Wildman–Crippen LogP) is 2.64. The molecule has 2 rings (SSSR count). The second kappa shape index (κ2) is 5.87. The fourth-order valence-corrected chi connectivity index (χ4v) is 2.42. The van der Waals surface area contributed by atoms with Crippen LogP contribution in [-0.2, 0) is 4.79 Å². The van der Waals surface area contributed by atoms with Crippen LogP contribution in [0.15, 0.2) is 23.9 Å². The molecule has 1 aliphatic heterocycles. The van der Waals surface area contributed by atoms with E-state index in [1.54, 1.807) is 6.08 Å². The Morgan fingerprint density at radius 2 is 2.00 bits per heavy atom. The van der Waals surface area contributed by atoms with Crippen LogP contribution in [0.2, 0.25) is 0 Å². The van der Waals surface area contributed by atoms with Crippen LogP contribution < -0.4 is 5.32 Å². The molecule has 2 heterocycles. The van der Waals surface area contributed by atoms with Crippen LogP contribution in [0.4, 0.5) is 5.82 Å². The van der Waals surface area contributed by atoms with Crippen LogP contribution in [0.1, 0.15) is 31.0 Å². The molecule has 0 unspecified atom stereocenters. The zero-order valence-electron chi connectivity index (χ0n) is 11.9. The van der Waals surface area contributed by atoms with Crippen molar-refractivity contribution in [2.75, 3.05) is 18.4 Å². The highest BCUT2D eigenvalue weighted by Gasteiger charge is 2.12. The highest BCUT2D eigenvalue weighted by molar-refractivity contribution is 5.99. The molecule has 0 bridgehead atoms. The molecule has 0 atom stereocenters. The van der Waals surface area contributed by atoms with Gasteiger partial charge in [0.05, 0.1) is 0 Å². The summed E-state index contributed by atoms with van der Waals surface area (Å²) in [5, 5.41) is 2.82. The molecule has 4 heteroatoms. The summed E-state index contributed by atoms with van der Waals surface area (Å²) in [5.74, 6) is 0.509. The van der Waals surface area contributed by atoms with E-state index in [9.17, 15) is 4.79 Å². The fraction of sp³-hybridized carbons (Fsp3) is 0.467. The molecule has 19 heavy (non-hydrogen) atoms. The number of nitrogens with zero attached hydrogens (tertiary/aromatic N) is 2. The molecule has 0 saturated carbocycles. The minimum Gasteiger partial charge on any atom is -0.375 e. The van der Waals surface area contributed by atoms with Gasteiger partial charge in [-0.25, -0.2) is 4.98 Å². The van der Waals surface area contributed by atoms with Gasteiger partial charge in [-0.3, -0.25) is 4.79 Å². The average Bonchev–Trinajstić information content (AvgIpc) is 2.80. The summed E-state index contributed by atoms with van der Waals surface area (Å²) in [7, 11) is 0. The van der Waals surface area contributed by atoms with Crippen molar-refractivity contribution < 1.29 is 4.79 Å². The zero-order valence-corrected chi connectivity index (χ0v) is 11.9. The Morgan fingerprint density at radius 1 is 1.32 bits per heavy atom. The molecule has 0 spiro atoms. The maximum atomic E-state index is 11.9. The number of rotatable bonds is 3. The molecule has 1 N–H and O–H groups in total. The second-order valence-corrected chi connectivity index (χ2v) is 5.14.